The number of aryl methyl sites for hydroxylation is 1. The number of hydrogen-bond acceptors (Lipinski definition) is 5. The highest BCUT2D eigenvalue weighted by molar-refractivity contribution is 6.06. The third kappa shape index (κ3) is 3.48. The van der Waals surface area contributed by atoms with Gasteiger partial charge >= 0.3 is 12.1 Å². The maximum Gasteiger partial charge on any atom is 0.418 e. The molecule has 0 saturated carbocycles. The van der Waals surface area contributed by atoms with Crippen LogP contribution in [-0.2, 0) is 39.3 Å². The summed E-state index contributed by atoms with van der Waals surface area (Å²) < 4.78 is 5.64. The van der Waals surface area contributed by atoms with Crippen LogP contribution in [0.5, 0.6) is 0 Å². The molecule has 1 fully saturated rings. The van der Waals surface area contributed by atoms with Gasteiger partial charge in [0.1, 0.15) is 6.54 Å². The van der Waals surface area contributed by atoms with E-state index in [9.17, 15) is 19.2 Å². The van der Waals surface area contributed by atoms with E-state index in [0.29, 0.717) is 30.6 Å². The molecule has 2 aromatic carbocycles. The number of nitrogens with one attached hydrogen (secondary N) is 2. The third-order valence-electron chi connectivity index (χ3n) is 6.96. The predicted octanol–water partition coefficient (Wildman–Crippen LogP) is 2.53. The van der Waals surface area contributed by atoms with Crippen molar-refractivity contribution in [3.05, 3.63) is 64.7 Å². The molecule has 2 aliphatic heterocycles. The van der Waals surface area contributed by atoms with Crippen molar-refractivity contribution in [2.45, 2.75) is 44.4 Å². The Bertz CT molecular complexity index is 1210. The van der Waals surface area contributed by atoms with E-state index in [2.05, 4.69) is 16.7 Å². The van der Waals surface area contributed by atoms with Crippen LogP contribution in [0, 0.1) is 0 Å². The highest BCUT2D eigenvalue weighted by Gasteiger charge is 2.58. The largest absolute Gasteiger partial charge is 0.427 e. The number of rotatable bonds is 3. The van der Waals surface area contributed by atoms with Crippen LogP contribution in [0.25, 0.3) is 0 Å². The number of fused-ring (bicyclic) bond motifs is 3. The number of amides is 5. The molecule has 0 bridgehead atoms. The molecule has 3 aliphatic rings. The number of nitrogens with zero attached hydrogens (tertiary/aromatic N) is 2. The van der Waals surface area contributed by atoms with Gasteiger partial charge in [-0.25, -0.2) is 14.5 Å². The van der Waals surface area contributed by atoms with E-state index in [1.807, 2.05) is 25.1 Å². The fraction of sp³-hybridized carbons (Fsp3) is 0.360. The van der Waals surface area contributed by atoms with Gasteiger partial charge in [0.2, 0.25) is 11.5 Å². The number of carbonyl (C=O) groups is 4. The molecular formula is C25H26N4O5. The summed E-state index contributed by atoms with van der Waals surface area (Å²) in [5, 5.41) is 5.19. The fourth-order valence-corrected chi connectivity index (χ4v) is 5.16. The second-order valence-electron chi connectivity index (χ2n) is 9.01. The number of anilines is 1. The third-order valence-corrected chi connectivity index (χ3v) is 6.96. The molecule has 9 heteroatoms. The average Bonchev–Trinajstić information content (AvgIpc) is 3.30. The molecule has 5 rings (SSSR count). The number of benzene rings is 2. The van der Waals surface area contributed by atoms with Gasteiger partial charge < -0.3 is 20.3 Å². The summed E-state index contributed by atoms with van der Waals surface area (Å²) in [6.45, 7) is 2.07. The van der Waals surface area contributed by atoms with Crippen molar-refractivity contribution < 1.29 is 23.9 Å². The first-order valence-electron chi connectivity index (χ1n) is 11.4. The first-order valence-corrected chi connectivity index (χ1v) is 11.4. The van der Waals surface area contributed by atoms with E-state index in [0.717, 1.165) is 22.4 Å². The molecule has 2 N–H and O–H groups in total. The van der Waals surface area contributed by atoms with Crippen LogP contribution in [0.1, 0.15) is 35.6 Å². The average molecular weight is 463 g/mol. The van der Waals surface area contributed by atoms with Crippen molar-refractivity contribution in [1.82, 2.24) is 15.1 Å². The number of hydrogen-bond donors (Lipinski definition) is 2. The smallest absolute Gasteiger partial charge is 0.418 e. The van der Waals surface area contributed by atoms with Crippen molar-refractivity contribution in [2.75, 3.05) is 18.9 Å². The van der Waals surface area contributed by atoms with Crippen molar-refractivity contribution in [1.29, 1.82) is 0 Å². The Morgan fingerprint density at radius 1 is 1.12 bits per heavy atom. The predicted molar refractivity (Wildman–Crippen MR) is 123 cm³/mol. The maximum atomic E-state index is 13.4. The molecule has 34 heavy (non-hydrogen) atoms. The summed E-state index contributed by atoms with van der Waals surface area (Å²) in [7, 11) is 1.52. The van der Waals surface area contributed by atoms with Crippen molar-refractivity contribution in [2.24, 2.45) is 0 Å². The number of ether oxygens (including phenoxy) is 1. The first-order chi connectivity index (χ1) is 16.3. The van der Waals surface area contributed by atoms with Gasteiger partial charge in [0, 0.05) is 37.3 Å². The van der Waals surface area contributed by atoms with E-state index in [1.54, 1.807) is 23.1 Å². The van der Waals surface area contributed by atoms with Crippen LogP contribution < -0.4 is 10.6 Å². The molecule has 0 aromatic heterocycles. The van der Waals surface area contributed by atoms with Crippen LogP contribution in [0.2, 0.25) is 0 Å². The van der Waals surface area contributed by atoms with Gasteiger partial charge in [0.05, 0.1) is 0 Å². The summed E-state index contributed by atoms with van der Waals surface area (Å²) in [4.78, 5) is 53.6. The summed E-state index contributed by atoms with van der Waals surface area (Å²) >= 11 is 0. The molecule has 9 nitrogen and oxygen atoms in total. The Kier molecular flexibility index (Phi) is 5.27. The maximum absolute atomic E-state index is 13.4. The minimum Gasteiger partial charge on any atom is -0.427 e. The minimum atomic E-state index is -1.42. The van der Waals surface area contributed by atoms with Crippen LogP contribution in [-0.4, -0.2) is 53.4 Å². The Labute approximate surface area is 197 Å². The number of urea groups is 1. The van der Waals surface area contributed by atoms with Gasteiger partial charge in [-0.3, -0.25) is 9.59 Å². The van der Waals surface area contributed by atoms with E-state index in [1.165, 1.54) is 12.6 Å². The topological polar surface area (TPSA) is 108 Å². The summed E-state index contributed by atoms with van der Waals surface area (Å²) in [6.07, 6.45) is 0.738. The second kappa shape index (κ2) is 8.16. The molecule has 2 aromatic rings. The fourth-order valence-electron chi connectivity index (χ4n) is 5.16. The summed E-state index contributed by atoms with van der Waals surface area (Å²) in [5.41, 5.74) is 2.87. The van der Waals surface area contributed by atoms with Crippen molar-refractivity contribution in [3.8, 4) is 0 Å². The molecule has 2 heterocycles. The normalized spacial score (nSPS) is 22.9. The van der Waals surface area contributed by atoms with E-state index < -0.39 is 17.6 Å². The Hall–Kier alpha value is -3.88. The van der Waals surface area contributed by atoms with E-state index in [-0.39, 0.29) is 24.5 Å². The lowest BCUT2D eigenvalue weighted by Gasteiger charge is -2.35. The minimum absolute atomic E-state index is 0.0384. The molecule has 1 spiro atoms. The van der Waals surface area contributed by atoms with Gasteiger partial charge in [-0.1, -0.05) is 30.3 Å². The van der Waals surface area contributed by atoms with Crippen molar-refractivity contribution >= 4 is 29.6 Å². The molecular weight excluding hydrogens is 436 g/mol. The van der Waals surface area contributed by atoms with Crippen LogP contribution >= 0.6 is 0 Å². The first kappa shape index (κ1) is 21.9. The van der Waals surface area contributed by atoms with E-state index in [4.69, 9.17) is 4.74 Å². The highest BCUT2D eigenvalue weighted by Crippen LogP contribution is 2.46. The SMILES string of the molecule is CNC(=O)Nc1ccc2c(c1)CC[C@@]21OC(=O)N(CC(=O)N2Cc3ccccc3C[C@H]2C)C1=O. The zero-order valence-electron chi connectivity index (χ0n) is 19.1. The van der Waals surface area contributed by atoms with Gasteiger partial charge in [0.15, 0.2) is 0 Å². The summed E-state index contributed by atoms with van der Waals surface area (Å²) in [6, 6.07) is 12.7. The number of imide groups is 1. The Balaban J connectivity index is 1.34. The highest BCUT2D eigenvalue weighted by atomic mass is 16.6. The van der Waals surface area contributed by atoms with Gasteiger partial charge in [-0.15, -0.1) is 0 Å². The van der Waals surface area contributed by atoms with Gasteiger partial charge in [0.25, 0.3) is 5.91 Å². The van der Waals surface area contributed by atoms with E-state index >= 15 is 0 Å². The molecule has 2 atom stereocenters. The van der Waals surface area contributed by atoms with Gasteiger partial charge in [-0.05, 0) is 48.6 Å². The molecule has 176 valence electrons. The van der Waals surface area contributed by atoms with Gasteiger partial charge in [-0.2, -0.15) is 0 Å². The van der Waals surface area contributed by atoms with Crippen molar-refractivity contribution in [3.63, 3.8) is 0 Å². The van der Waals surface area contributed by atoms with Crippen LogP contribution in [0.3, 0.4) is 0 Å². The Morgan fingerprint density at radius 3 is 2.65 bits per heavy atom. The molecule has 5 amide bonds. The zero-order chi connectivity index (χ0) is 24.0. The van der Waals surface area contributed by atoms with Crippen LogP contribution in [0.15, 0.2) is 42.5 Å². The number of carbonyl (C=O) groups excluding carboxylic acids is 4. The lowest BCUT2D eigenvalue weighted by atomic mass is 9.94. The lowest BCUT2D eigenvalue weighted by molar-refractivity contribution is -0.143. The zero-order valence-corrected chi connectivity index (χ0v) is 19.1. The standard InChI is InChI=1S/C25H26N4O5/c1-15-11-16-5-3-4-6-18(16)13-28(15)21(30)14-29-22(31)25(34-24(29)33)10-9-17-12-19(7-8-20(17)25)27-23(32)26-2/h3-8,12,15H,9-11,13-14H2,1-2H3,(H2,26,27,32)/t15-,25-/m1/s1. The molecule has 0 unspecified atom stereocenters. The molecule has 1 saturated heterocycles. The quantitative estimate of drug-likeness (QED) is 0.729. The molecule has 0 radical (unpaired) electrons. The Morgan fingerprint density at radius 2 is 1.88 bits per heavy atom. The lowest BCUT2D eigenvalue weighted by Crippen LogP contribution is -2.49. The molecule has 1 aliphatic carbocycles. The summed E-state index contributed by atoms with van der Waals surface area (Å²) in [5.74, 6) is -0.797. The monoisotopic (exact) mass is 462 g/mol. The second-order valence-corrected chi connectivity index (χ2v) is 9.01. The van der Waals surface area contributed by atoms with Crippen LogP contribution in [0.4, 0.5) is 15.3 Å².